The number of fused-ring (bicyclic) bond motifs is 1. The van der Waals surface area contributed by atoms with Crippen LogP contribution in [0.25, 0.3) is 0 Å². The van der Waals surface area contributed by atoms with Crippen molar-refractivity contribution in [2.24, 2.45) is 0 Å². The number of nitrogens with one attached hydrogen (secondary N) is 3. The number of carbonyl (C=O) groups is 1. The summed E-state index contributed by atoms with van der Waals surface area (Å²) < 4.78 is 23.8. The van der Waals surface area contributed by atoms with Crippen LogP contribution >= 0.6 is 0 Å². The molecule has 0 radical (unpaired) electrons. The van der Waals surface area contributed by atoms with Gasteiger partial charge >= 0.3 is 0 Å². The summed E-state index contributed by atoms with van der Waals surface area (Å²) in [7, 11) is 0. The Labute approximate surface area is 170 Å². The van der Waals surface area contributed by atoms with Crippen LogP contribution in [0.1, 0.15) is 18.1 Å². The molecule has 1 amide bonds. The average molecular weight is 401 g/mol. The molecule has 0 bridgehead atoms. The first-order chi connectivity index (χ1) is 14.1. The minimum absolute atomic E-state index is 0.0449. The first-order valence-electron chi connectivity index (χ1n) is 10.2. The van der Waals surface area contributed by atoms with Gasteiger partial charge in [-0.2, -0.15) is 0 Å². The van der Waals surface area contributed by atoms with Gasteiger partial charge in [-0.05, 0) is 42.8 Å². The van der Waals surface area contributed by atoms with E-state index in [1.807, 2.05) is 13.0 Å². The van der Waals surface area contributed by atoms with Crippen LogP contribution in [0.3, 0.4) is 0 Å². The molecule has 1 atom stereocenters. The number of piperazine rings is 1. The van der Waals surface area contributed by atoms with E-state index in [2.05, 4.69) is 17.4 Å². The lowest BCUT2D eigenvalue weighted by molar-refractivity contribution is -1.02. The highest BCUT2D eigenvalue weighted by molar-refractivity contribution is 5.79. The van der Waals surface area contributed by atoms with Gasteiger partial charge < -0.3 is 24.6 Å². The van der Waals surface area contributed by atoms with Crippen LogP contribution in [0.4, 0.5) is 4.39 Å². The van der Waals surface area contributed by atoms with Gasteiger partial charge in [0.1, 0.15) is 38.5 Å². The van der Waals surface area contributed by atoms with Crippen LogP contribution in [0.2, 0.25) is 0 Å². The predicted molar refractivity (Wildman–Crippen MR) is 105 cm³/mol. The van der Waals surface area contributed by atoms with Crippen molar-refractivity contribution in [3.8, 4) is 11.5 Å². The lowest BCUT2D eigenvalue weighted by Crippen LogP contribution is -3.29. The molecule has 6 nitrogen and oxygen atoms in total. The predicted octanol–water partition coefficient (Wildman–Crippen LogP) is -0.457. The molecule has 1 fully saturated rings. The quantitative estimate of drug-likeness (QED) is 0.614. The molecule has 7 heteroatoms. The number of rotatable bonds is 6. The Bertz CT molecular complexity index is 851. The summed E-state index contributed by atoms with van der Waals surface area (Å²) in [6, 6.07) is 12.3. The van der Waals surface area contributed by atoms with E-state index in [1.54, 1.807) is 12.1 Å². The van der Waals surface area contributed by atoms with Crippen molar-refractivity contribution >= 4 is 5.91 Å². The van der Waals surface area contributed by atoms with E-state index in [-0.39, 0.29) is 17.8 Å². The van der Waals surface area contributed by atoms with Gasteiger partial charge in [0.05, 0.1) is 0 Å². The summed E-state index contributed by atoms with van der Waals surface area (Å²) in [5.41, 5.74) is 2.15. The second kappa shape index (κ2) is 8.80. The third kappa shape index (κ3) is 4.86. The molecule has 2 aromatic carbocycles. The first kappa shape index (κ1) is 19.7. The number of ether oxygens (including phenoxy) is 2. The van der Waals surface area contributed by atoms with Crippen molar-refractivity contribution < 1.29 is 28.5 Å². The van der Waals surface area contributed by atoms with Crippen LogP contribution in [-0.2, 0) is 17.9 Å². The molecule has 154 valence electrons. The largest absolute Gasteiger partial charge is 0.454 e. The molecule has 0 spiro atoms. The molecule has 2 aliphatic rings. The topological polar surface area (TPSA) is 56.4 Å². The Kier molecular flexibility index (Phi) is 5.97. The highest BCUT2D eigenvalue weighted by Crippen LogP contribution is 2.32. The van der Waals surface area contributed by atoms with Gasteiger partial charge in [0.15, 0.2) is 17.5 Å². The maximum Gasteiger partial charge on any atom is 0.278 e. The molecule has 0 unspecified atom stereocenters. The molecule has 2 aromatic rings. The number of halogens is 1. The van der Waals surface area contributed by atoms with Crippen molar-refractivity contribution in [2.45, 2.75) is 26.1 Å². The normalized spacial score (nSPS) is 21.6. The third-order valence-electron chi connectivity index (χ3n) is 5.88. The van der Waals surface area contributed by atoms with Gasteiger partial charge in [0.25, 0.3) is 5.91 Å². The Morgan fingerprint density at radius 3 is 2.48 bits per heavy atom. The molecule has 0 saturated carbocycles. The Hall–Kier alpha value is -2.64. The number of hydrogen-bond acceptors (Lipinski definition) is 3. The van der Waals surface area contributed by atoms with Crippen LogP contribution < -0.4 is 24.6 Å². The van der Waals surface area contributed by atoms with Crippen molar-refractivity contribution in [3.05, 3.63) is 59.4 Å². The van der Waals surface area contributed by atoms with Gasteiger partial charge in [-0.1, -0.05) is 12.1 Å². The minimum atomic E-state index is -0.265. The Balaban J connectivity index is 1.23. The fourth-order valence-corrected chi connectivity index (χ4v) is 4.00. The molecule has 3 N–H and O–H groups in total. The number of amides is 1. The smallest absolute Gasteiger partial charge is 0.278 e. The van der Waals surface area contributed by atoms with Crippen molar-refractivity contribution in [1.29, 1.82) is 0 Å². The summed E-state index contributed by atoms with van der Waals surface area (Å²) in [4.78, 5) is 15.4. The number of quaternary nitrogens is 2. The summed E-state index contributed by atoms with van der Waals surface area (Å²) in [6.45, 7) is 7.65. The van der Waals surface area contributed by atoms with Crippen molar-refractivity contribution in [1.82, 2.24) is 5.32 Å². The molecule has 0 aliphatic carbocycles. The first-order valence-corrected chi connectivity index (χ1v) is 10.2. The minimum Gasteiger partial charge on any atom is -0.454 e. The maximum atomic E-state index is 13.0. The fraction of sp³-hybridized carbons (Fsp3) is 0.409. The molecule has 29 heavy (non-hydrogen) atoms. The summed E-state index contributed by atoms with van der Waals surface area (Å²) in [6.07, 6.45) is 0. The van der Waals surface area contributed by atoms with Gasteiger partial charge in [0.2, 0.25) is 6.79 Å². The fourth-order valence-electron chi connectivity index (χ4n) is 4.00. The van der Waals surface area contributed by atoms with Crippen LogP contribution in [0.15, 0.2) is 42.5 Å². The van der Waals surface area contributed by atoms with Crippen molar-refractivity contribution in [2.75, 3.05) is 33.0 Å². The zero-order valence-corrected chi connectivity index (χ0v) is 16.7. The highest BCUT2D eigenvalue weighted by atomic mass is 19.1. The van der Waals surface area contributed by atoms with Crippen LogP contribution in [0.5, 0.6) is 11.5 Å². The number of benzene rings is 2. The molecule has 2 aliphatic heterocycles. The second-order valence-electron chi connectivity index (χ2n) is 7.84. The standard InChI is InChI=1S/C22H26FN3O3/c1-16(22(27)24-13-17-2-5-19(23)6-3-17)26-10-8-25(9-11-26)14-18-4-7-20-21(12-18)29-15-28-20/h2-7,12,16H,8-11,13-15H2,1H3,(H,24,27)/p+2/t16-/m1/s1. The van der Waals surface area contributed by atoms with E-state index < -0.39 is 0 Å². The Morgan fingerprint density at radius 2 is 1.72 bits per heavy atom. The summed E-state index contributed by atoms with van der Waals surface area (Å²) >= 11 is 0. The molecular formula is C22H28FN3O3+2. The van der Waals surface area contributed by atoms with E-state index in [9.17, 15) is 9.18 Å². The number of hydrogen-bond donors (Lipinski definition) is 3. The second-order valence-corrected chi connectivity index (χ2v) is 7.84. The lowest BCUT2D eigenvalue weighted by atomic mass is 10.1. The van der Waals surface area contributed by atoms with Gasteiger partial charge in [0, 0.05) is 12.1 Å². The average Bonchev–Trinajstić information content (AvgIpc) is 3.21. The van der Waals surface area contributed by atoms with Crippen LogP contribution in [0, 0.1) is 5.82 Å². The van der Waals surface area contributed by atoms with E-state index in [4.69, 9.17) is 9.47 Å². The molecule has 2 heterocycles. The van der Waals surface area contributed by atoms with E-state index >= 15 is 0 Å². The van der Waals surface area contributed by atoms with Crippen LogP contribution in [-0.4, -0.2) is 44.9 Å². The monoisotopic (exact) mass is 401 g/mol. The van der Waals surface area contributed by atoms with Gasteiger partial charge in [-0.15, -0.1) is 0 Å². The van der Waals surface area contributed by atoms with E-state index in [0.717, 1.165) is 49.8 Å². The van der Waals surface area contributed by atoms with E-state index in [0.29, 0.717) is 13.3 Å². The van der Waals surface area contributed by atoms with Gasteiger partial charge in [-0.3, -0.25) is 4.79 Å². The summed E-state index contributed by atoms with van der Waals surface area (Å²) in [5, 5.41) is 2.98. The molecule has 0 aromatic heterocycles. The molecule has 1 saturated heterocycles. The van der Waals surface area contributed by atoms with Gasteiger partial charge in [-0.25, -0.2) is 4.39 Å². The zero-order chi connectivity index (χ0) is 20.2. The maximum absolute atomic E-state index is 13.0. The third-order valence-corrected chi connectivity index (χ3v) is 5.88. The lowest BCUT2D eigenvalue weighted by Gasteiger charge is -2.32. The Morgan fingerprint density at radius 1 is 1.03 bits per heavy atom. The van der Waals surface area contributed by atoms with E-state index in [1.165, 1.54) is 27.5 Å². The highest BCUT2D eigenvalue weighted by Gasteiger charge is 2.31. The number of carbonyl (C=O) groups excluding carboxylic acids is 1. The van der Waals surface area contributed by atoms with Crippen molar-refractivity contribution in [3.63, 3.8) is 0 Å². The molecule has 4 rings (SSSR count). The zero-order valence-electron chi connectivity index (χ0n) is 16.7. The SMILES string of the molecule is C[C@H](C(=O)NCc1ccc(F)cc1)[NH+]1CC[NH+](Cc2ccc3c(c2)OCO3)CC1. The summed E-state index contributed by atoms with van der Waals surface area (Å²) in [5.74, 6) is 1.43. The molecular weight excluding hydrogens is 373 g/mol.